The van der Waals surface area contributed by atoms with Crippen molar-refractivity contribution in [2.75, 3.05) is 37.6 Å². The van der Waals surface area contributed by atoms with Gasteiger partial charge in [0.15, 0.2) is 5.65 Å². The van der Waals surface area contributed by atoms with Gasteiger partial charge in [-0.1, -0.05) is 19.9 Å². The van der Waals surface area contributed by atoms with E-state index in [0.29, 0.717) is 42.4 Å². The van der Waals surface area contributed by atoms with Gasteiger partial charge in [0.05, 0.1) is 33.6 Å². The van der Waals surface area contributed by atoms with Crippen LogP contribution in [0.25, 0.3) is 27.5 Å². The van der Waals surface area contributed by atoms with Crippen LogP contribution in [0.1, 0.15) is 38.1 Å². The molecule has 9 nitrogen and oxygen atoms in total. The molecular formula is C27H33N7O2S. The molecule has 1 atom stereocenters. The summed E-state index contributed by atoms with van der Waals surface area (Å²) >= 11 is 1.63. The topological polar surface area (TPSA) is 98.9 Å². The second kappa shape index (κ2) is 10.2. The van der Waals surface area contributed by atoms with Gasteiger partial charge in [-0.3, -0.25) is 9.69 Å². The van der Waals surface area contributed by atoms with E-state index >= 15 is 0 Å². The lowest BCUT2D eigenvalue weighted by molar-refractivity contribution is 0.0305. The maximum absolute atomic E-state index is 13.3. The number of amides is 1. The van der Waals surface area contributed by atoms with Crippen LogP contribution in [0.4, 0.5) is 5.82 Å². The van der Waals surface area contributed by atoms with Crippen LogP contribution in [0.2, 0.25) is 0 Å². The quantitative estimate of drug-likeness (QED) is 0.349. The van der Waals surface area contributed by atoms with E-state index in [0.717, 1.165) is 29.2 Å². The van der Waals surface area contributed by atoms with Crippen LogP contribution in [-0.2, 0) is 0 Å². The average Bonchev–Trinajstić information content (AvgIpc) is 3.56. The minimum atomic E-state index is -0.763. The maximum Gasteiger partial charge on any atom is 0.251 e. The third kappa shape index (κ3) is 5.22. The van der Waals surface area contributed by atoms with Crippen molar-refractivity contribution in [3.05, 3.63) is 53.7 Å². The number of nitrogens with one attached hydrogen (secondary N) is 1. The van der Waals surface area contributed by atoms with Crippen molar-refractivity contribution in [3.8, 4) is 21.8 Å². The van der Waals surface area contributed by atoms with Crippen LogP contribution in [0.3, 0.4) is 0 Å². The van der Waals surface area contributed by atoms with E-state index in [2.05, 4.69) is 36.1 Å². The number of thiophene rings is 1. The number of rotatable bonds is 9. The van der Waals surface area contributed by atoms with Crippen molar-refractivity contribution >= 4 is 28.7 Å². The molecule has 1 aliphatic heterocycles. The summed E-state index contributed by atoms with van der Waals surface area (Å²) < 4.78 is 1.72. The summed E-state index contributed by atoms with van der Waals surface area (Å²) in [6.45, 7) is 11.5. The number of aliphatic hydroxyl groups is 1. The SMILES string of the molecule is CCN(CC)C(C)CNC(=O)c1cc(-c2cnn3ccc(-c4cccs4)nc23)nc(N2CC(C)(O)C2)c1. The molecule has 37 heavy (non-hydrogen) atoms. The zero-order valence-corrected chi connectivity index (χ0v) is 22.5. The number of aromatic nitrogens is 4. The molecule has 0 bridgehead atoms. The molecular weight excluding hydrogens is 486 g/mol. The van der Waals surface area contributed by atoms with Gasteiger partial charge in [0.25, 0.3) is 5.91 Å². The van der Waals surface area contributed by atoms with Crippen molar-refractivity contribution in [2.24, 2.45) is 0 Å². The zero-order valence-electron chi connectivity index (χ0n) is 21.7. The highest BCUT2D eigenvalue weighted by Gasteiger charge is 2.37. The van der Waals surface area contributed by atoms with Crippen LogP contribution >= 0.6 is 11.3 Å². The molecule has 194 valence electrons. The Morgan fingerprint density at radius 2 is 2.00 bits per heavy atom. The summed E-state index contributed by atoms with van der Waals surface area (Å²) in [5.41, 5.74) is 2.66. The van der Waals surface area contributed by atoms with Crippen molar-refractivity contribution in [1.82, 2.24) is 29.8 Å². The van der Waals surface area contributed by atoms with E-state index in [9.17, 15) is 9.90 Å². The van der Waals surface area contributed by atoms with Gasteiger partial charge in [-0.15, -0.1) is 11.3 Å². The predicted molar refractivity (Wildman–Crippen MR) is 147 cm³/mol. The van der Waals surface area contributed by atoms with Crippen LogP contribution < -0.4 is 10.2 Å². The largest absolute Gasteiger partial charge is 0.386 e. The molecule has 1 saturated heterocycles. The molecule has 0 aromatic carbocycles. The Bertz CT molecular complexity index is 1390. The number of hydrogen-bond acceptors (Lipinski definition) is 8. The van der Waals surface area contributed by atoms with Gasteiger partial charge in [0, 0.05) is 37.4 Å². The molecule has 0 saturated carbocycles. The van der Waals surface area contributed by atoms with Crippen molar-refractivity contribution in [2.45, 2.75) is 39.3 Å². The summed E-state index contributed by atoms with van der Waals surface area (Å²) in [4.78, 5) is 28.4. The first-order valence-corrected chi connectivity index (χ1v) is 13.6. The van der Waals surface area contributed by atoms with Crippen molar-refractivity contribution in [1.29, 1.82) is 0 Å². The second-order valence-electron chi connectivity index (χ2n) is 9.85. The Kier molecular flexibility index (Phi) is 6.98. The monoisotopic (exact) mass is 519 g/mol. The average molecular weight is 520 g/mol. The third-order valence-corrected chi connectivity index (χ3v) is 7.77. The van der Waals surface area contributed by atoms with Gasteiger partial charge in [-0.2, -0.15) is 5.10 Å². The number of nitrogens with zero attached hydrogens (tertiary/aromatic N) is 6. The van der Waals surface area contributed by atoms with Gasteiger partial charge in [-0.25, -0.2) is 14.5 Å². The van der Waals surface area contributed by atoms with Gasteiger partial charge in [0.1, 0.15) is 5.82 Å². The first-order valence-electron chi connectivity index (χ1n) is 12.7. The standard InChI is InChI=1S/C27H33N7O2S/c1-5-32(6-2)18(3)14-28-26(35)19-12-22(30-24(13-19)33-16-27(4,36)17-33)20-15-29-34-10-9-21(31-25(20)34)23-8-7-11-37-23/h7-13,15,18,36H,5-6,14,16-17H2,1-4H3,(H,28,35). The Morgan fingerprint density at radius 1 is 1.22 bits per heavy atom. The molecule has 2 N–H and O–H groups in total. The minimum absolute atomic E-state index is 0.153. The molecule has 1 aliphatic rings. The molecule has 1 unspecified atom stereocenters. The third-order valence-electron chi connectivity index (χ3n) is 6.87. The zero-order chi connectivity index (χ0) is 26.2. The number of hydrogen-bond donors (Lipinski definition) is 2. The Balaban J connectivity index is 1.50. The highest BCUT2D eigenvalue weighted by atomic mass is 32.1. The molecule has 1 fully saturated rings. The number of β-amino-alcohol motifs (C(OH)–C–C–N with tert-alkyl or cyclic N) is 1. The molecule has 5 rings (SSSR count). The maximum atomic E-state index is 13.3. The van der Waals surface area contributed by atoms with E-state index in [1.165, 1.54) is 0 Å². The fourth-order valence-corrected chi connectivity index (χ4v) is 5.51. The smallest absolute Gasteiger partial charge is 0.251 e. The number of carbonyl (C=O) groups is 1. The molecule has 0 spiro atoms. The highest BCUT2D eigenvalue weighted by molar-refractivity contribution is 7.13. The van der Waals surface area contributed by atoms with E-state index in [1.807, 2.05) is 34.7 Å². The number of carbonyl (C=O) groups excluding carboxylic acids is 1. The summed E-state index contributed by atoms with van der Waals surface area (Å²) in [6, 6.07) is 9.81. The number of anilines is 1. The first kappa shape index (κ1) is 25.3. The van der Waals surface area contributed by atoms with Crippen LogP contribution in [0.5, 0.6) is 0 Å². The summed E-state index contributed by atoms with van der Waals surface area (Å²) in [5.74, 6) is 0.500. The van der Waals surface area contributed by atoms with Crippen molar-refractivity contribution in [3.63, 3.8) is 0 Å². The second-order valence-corrected chi connectivity index (χ2v) is 10.8. The Labute approximate surface area is 220 Å². The molecule has 0 aliphatic carbocycles. The van der Waals surface area contributed by atoms with Gasteiger partial charge in [-0.05, 0) is 56.6 Å². The van der Waals surface area contributed by atoms with Crippen LogP contribution in [0, 0.1) is 0 Å². The lowest BCUT2D eigenvalue weighted by atomic mass is 9.96. The molecule has 10 heteroatoms. The number of pyridine rings is 1. The molecule has 4 aromatic heterocycles. The van der Waals surface area contributed by atoms with Gasteiger partial charge >= 0.3 is 0 Å². The van der Waals surface area contributed by atoms with Gasteiger partial charge < -0.3 is 15.3 Å². The lowest BCUT2D eigenvalue weighted by Gasteiger charge is -2.45. The highest BCUT2D eigenvalue weighted by Crippen LogP contribution is 2.31. The normalized spacial score (nSPS) is 15.7. The Morgan fingerprint density at radius 3 is 2.68 bits per heavy atom. The van der Waals surface area contributed by atoms with E-state index in [1.54, 1.807) is 41.1 Å². The van der Waals surface area contributed by atoms with Crippen LogP contribution in [0.15, 0.2) is 48.1 Å². The summed E-state index contributed by atoms with van der Waals surface area (Å²) in [6.07, 6.45) is 3.63. The Hall–Kier alpha value is -3.34. The van der Waals surface area contributed by atoms with Crippen molar-refractivity contribution < 1.29 is 9.90 Å². The molecule has 5 heterocycles. The minimum Gasteiger partial charge on any atom is -0.386 e. The lowest BCUT2D eigenvalue weighted by Crippen LogP contribution is -2.60. The molecule has 0 radical (unpaired) electrons. The fraction of sp³-hybridized carbons (Fsp3) is 0.407. The predicted octanol–water partition coefficient (Wildman–Crippen LogP) is 3.55. The summed E-state index contributed by atoms with van der Waals surface area (Å²) in [5, 5.41) is 19.9. The molecule has 1 amide bonds. The number of fused-ring (bicyclic) bond motifs is 1. The van der Waals surface area contributed by atoms with E-state index in [4.69, 9.17) is 9.97 Å². The van der Waals surface area contributed by atoms with Gasteiger partial charge in [0.2, 0.25) is 0 Å². The summed E-state index contributed by atoms with van der Waals surface area (Å²) in [7, 11) is 0. The number of likely N-dealkylation sites (N-methyl/N-ethyl adjacent to an activating group) is 1. The van der Waals surface area contributed by atoms with E-state index in [-0.39, 0.29) is 11.9 Å². The fourth-order valence-electron chi connectivity index (χ4n) is 4.81. The van der Waals surface area contributed by atoms with E-state index < -0.39 is 5.60 Å². The molecule has 4 aromatic rings. The first-order chi connectivity index (χ1) is 17.8. The van der Waals surface area contributed by atoms with Crippen LogP contribution in [-0.4, -0.2) is 79.9 Å².